The highest BCUT2D eigenvalue weighted by Crippen LogP contribution is 2.18. The molecule has 4 aromatic rings. The van der Waals surface area contributed by atoms with Crippen LogP contribution >= 0.6 is 23.1 Å². The van der Waals surface area contributed by atoms with E-state index in [4.69, 9.17) is 0 Å². The van der Waals surface area contributed by atoms with Crippen molar-refractivity contribution in [3.8, 4) is 0 Å². The van der Waals surface area contributed by atoms with Gasteiger partial charge in [-0.25, -0.2) is 9.97 Å². The first-order chi connectivity index (χ1) is 12.3. The van der Waals surface area contributed by atoms with Gasteiger partial charge >= 0.3 is 0 Å². The van der Waals surface area contributed by atoms with Crippen molar-refractivity contribution >= 4 is 40.2 Å². The second kappa shape index (κ2) is 7.04. The number of hydrogen-bond acceptors (Lipinski definition) is 6. The van der Waals surface area contributed by atoms with Crippen LogP contribution < -0.4 is 5.56 Å². The lowest BCUT2D eigenvalue weighted by molar-refractivity contribution is 0.969. The largest absolute Gasteiger partial charge is 0.269 e. The van der Waals surface area contributed by atoms with Gasteiger partial charge in [-0.3, -0.25) is 14.3 Å². The third-order valence-corrected chi connectivity index (χ3v) is 5.06. The minimum absolute atomic E-state index is 0.0664. The second-order valence-corrected chi connectivity index (χ2v) is 6.99. The van der Waals surface area contributed by atoms with Crippen LogP contribution in [0.1, 0.15) is 17.1 Å². The van der Waals surface area contributed by atoms with Gasteiger partial charge < -0.3 is 0 Å². The lowest BCUT2D eigenvalue weighted by Crippen LogP contribution is -2.12. The number of fused-ring (bicyclic) bond motifs is 1. The number of benzene rings is 1. The maximum absolute atomic E-state index is 12.0. The summed E-state index contributed by atoms with van der Waals surface area (Å²) in [5.41, 5.74) is 1.76. The first-order valence-corrected chi connectivity index (χ1v) is 9.38. The molecule has 4 rings (SSSR count). The summed E-state index contributed by atoms with van der Waals surface area (Å²) in [5, 5.41) is 9.56. The van der Waals surface area contributed by atoms with Crippen LogP contribution in [0.15, 0.2) is 57.9 Å². The standard InChI is InChI=1S/C17H13N5OS2/c23-15-10-13(18-17-22(15)8-9-24-17)11-25-16-19-14(20-21-16)7-6-12-4-2-1-3-5-12/h1-10H,11H2,(H,19,20,21)/b7-6+. The van der Waals surface area contributed by atoms with E-state index in [1.54, 1.807) is 12.3 Å². The van der Waals surface area contributed by atoms with Crippen LogP contribution in [0.25, 0.3) is 17.1 Å². The quantitative estimate of drug-likeness (QED) is 0.548. The molecular weight excluding hydrogens is 354 g/mol. The molecule has 124 valence electrons. The predicted molar refractivity (Wildman–Crippen MR) is 101 cm³/mol. The van der Waals surface area contributed by atoms with E-state index in [1.165, 1.54) is 27.5 Å². The highest BCUT2D eigenvalue weighted by atomic mass is 32.2. The molecule has 0 radical (unpaired) electrons. The van der Waals surface area contributed by atoms with Crippen LogP contribution in [0, 0.1) is 0 Å². The van der Waals surface area contributed by atoms with Crippen molar-refractivity contribution in [1.29, 1.82) is 0 Å². The number of nitrogens with one attached hydrogen (secondary N) is 1. The Balaban J connectivity index is 1.44. The highest BCUT2D eigenvalue weighted by molar-refractivity contribution is 7.98. The Morgan fingerprint density at radius 2 is 2.08 bits per heavy atom. The van der Waals surface area contributed by atoms with Crippen molar-refractivity contribution in [2.45, 2.75) is 10.9 Å². The summed E-state index contributed by atoms with van der Waals surface area (Å²) in [5.74, 6) is 1.23. The van der Waals surface area contributed by atoms with Crippen molar-refractivity contribution in [2.24, 2.45) is 0 Å². The Morgan fingerprint density at radius 3 is 2.96 bits per heavy atom. The predicted octanol–water partition coefficient (Wildman–Crippen LogP) is 3.34. The maximum Gasteiger partial charge on any atom is 0.258 e. The molecule has 3 heterocycles. The van der Waals surface area contributed by atoms with Crippen molar-refractivity contribution in [3.05, 3.63) is 75.4 Å². The van der Waals surface area contributed by atoms with E-state index in [1.807, 2.05) is 47.9 Å². The Hall–Kier alpha value is -2.71. The van der Waals surface area contributed by atoms with Gasteiger partial charge in [0, 0.05) is 23.4 Å². The number of rotatable bonds is 5. The summed E-state index contributed by atoms with van der Waals surface area (Å²) in [4.78, 5) is 21.6. The van der Waals surface area contributed by atoms with Crippen LogP contribution in [0.3, 0.4) is 0 Å². The molecule has 0 amide bonds. The van der Waals surface area contributed by atoms with Gasteiger partial charge in [0.05, 0.1) is 5.69 Å². The van der Waals surface area contributed by atoms with Gasteiger partial charge in [0.1, 0.15) is 5.82 Å². The van der Waals surface area contributed by atoms with Crippen LogP contribution in [0.2, 0.25) is 0 Å². The molecular formula is C17H13N5OS2. The molecule has 6 nitrogen and oxygen atoms in total. The van der Waals surface area contributed by atoms with E-state index in [0.29, 0.717) is 21.7 Å². The first-order valence-electron chi connectivity index (χ1n) is 7.52. The summed E-state index contributed by atoms with van der Waals surface area (Å²) < 4.78 is 1.54. The number of H-pyrrole nitrogens is 1. The van der Waals surface area contributed by atoms with Crippen LogP contribution in [0.5, 0.6) is 0 Å². The van der Waals surface area contributed by atoms with E-state index in [9.17, 15) is 4.79 Å². The topological polar surface area (TPSA) is 75.9 Å². The Bertz CT molecular complexity index is 1080. The number of thioether (sulfide) groups is 1. The van der Waals surface area contributed by atoms with Crippen LogP contribution in [-0.4, -0.2) is 24.6 Å². The van der Waals surface area contributed by atoms with Gasteiger partial charge in [-0.15, -0.1) is 16.4 Å². The molecule has 0 atom stereocenters. The zero-order chi connectivity index (χ0) is 17.1. The average molecular weight is 367 g/mol. The van der Waals surface area contributed by atoms with Gasteiger partial charge in [0.2, 0.25) is 5.16 Å². The molecule has 0 bridgehead atoms. The van der Waals surface area contributed by atoms with Gasteiger partial charge in [-0.2, -0.15) is 0 Å². The lowest BCUT2D eigenvalue weighted by Gasteiger charge is -1.98. The summed E-state index contributed by atoms with van der Waals surface area (Å²) in [7, 11) is 0. The molecule has 0 saturated heterocycles. The van der Waals surface area contributed by atoms with Crippen LogP contribution in [-0.2, 0) is 5.75 Å². The zero-order valence-electron chi connectivity index (χ0n) is 13.0. The second-order valence-electron chi connectivity index (χ2n) is 5.18. The summed E-state index contributed by atoms with van der Waals surface area (Å²) in [6, 6.07) is 11.5. The fraction of sp³-hybridized carbons (Fsp3) is 0.0588. The summed E-state index contributed by atoms with van der Waals surface area (Å²) in [6.07, 6.45) is 5.59. The Morgan fingerprint density at radius 1 is 1.20 bits per heavy atom. The summed E-state index contributed by atoms with van der Waals surface area (Å²) >= 11 is 2.88. The number of aromatic nitrogens is 5. The van der Waals surface area contributed by atoms with E-state index < -0.39 is 0 Å². The van der Waals surface area contributed by atoms with E-state index >= 15 is 0 Å². The monoisotopic (exact) mass is 367 g/mol. The number of nitrogens with zero attached hydrogens (tertiary/aromatic N) is 4. The molecule has 0 aliphatic heterocycles. The molecule has 0 unspecified atom stereocenters. The highest BCUT2D eigenvalue weighted by Gasteiger charge is 2.06. The van der Waals surface area contributed by atoms with Gasteiger partial charge in [0.25, 0.3) is 5.56 Å². The van der Waals surface area contributed by atoms with Crippen molar-refractivity contribution in [1.82, 2.24) is 24.6 Å². The molecule has 1 N–H and O–H groups in total. The molecule has 1 aromatic carbocycles. The third kappa shape index (κ3) is 3.70. The molecule has 0 aliphatic carbocycles. The minimum atomic E-state index is -0.0664. The smallest absolute Gasteiger partial charge is 0.258 e. The molecule has 25 heavy (non-hydrogen) atoms. The number of hydrogen-bond donors (Lipinski definition) is 1. The number of thiazole rings is 1. The van der Waals surface area contributed by atoms with Crippen molar-refractivity contribution in [2.75, 3.05) is 0 Å². The van der Waals surface area contributed by atoms with Crippen molar-refractivity contribution < 1.29 is 0 Å². The fourth-order valence-corrected chi connectivity index (χ4v) is 3.67. The van der Waals surface area contributed by atoms with Gasteiger partial charge in [-0.05, 0) is 11.6 Å². The Labute approximate surface area is 151 Å². The molecule has 8 heteroatoms. The minimum Gasteiger partial charge on any atom is -0.269 e. The van der Waals surface area contributed by atoms with E-state index in [-0.39, 0.29) is 5.56 Å². The molecule has 3 aromatic heterocycles. The maximum atomic E-state index is 12.0. The van der Waals surface area contributed by atoms with Crippen molar-refractivity contribution in [3.63, 3.8) is 0 Å². The zero-order valence-corrected chi connectivity index (χ0v) is 14.6. The molecule has 0 saturated carbocycles. The molecule has 0 aliphatic rings. The van der Waals surface area contributed by atoms with Crippen LogP contribution in [0.4, 0.5) is 0 Å². The van der Waals surface area contributed by atoms with Gasteiger partial charge in [0.15, 0.2) is 4.96 Å². The first kappa shape index (κ1) is 15.8. The Kier molecular flexibility index (Phi) is 4.45. The SMILES string of the molecule is O=c1cc(CSc2n[nH]c(/C=C/c3ccccc3)n2)nc2sccn12. The third-order valence-electron chi connectivity index (χ3n) is 3.42. The van der Waals surface area contributed by atoms with Gasteiger partial charge in [-0.1, -0.05) is 48.2 Å². The summed E-state index contributed by atoms with van der Waals surface area (Å²) in [6.45, 7) is 0. The average Bonchev–Trinajstić information content (AvgIpc) is 3.28. The number of aromatic amines is 1. The van der Waals surface area contributed by atoms with E-state index in [0.717, 1.165) is 11.3 Å². The normalized spacial score (nSPS) is 11.5. The fourth-order valence-electron chi connectivity index (χ4n) is 2.24. The molecule has 0 fully saturated rings. The van der Waals surface area contributed by atoms with E-state index in [2.05, 4.69) is 20.2 Å². The molecule has 0 spiro atoms. The lowest BCUT2D eigenvalue weighted by atomic mass is 10.2.